The molecule has 0 bridgehead atoms. The lowest BCUT2D eigenvalue weighted by atomic mass is 9.83. The molecular formula is C12H15Br2F. The summed E-state index contributed by atoms with van der Waals surface area (Å²) in [4.78, 5) is 0. The van der Waals surface area contributed by atoms with Crippen molar-refractivity contribution in [1.29, 1.82) is 0 Å². The molecule has 0 aliphatic heterocycles. The molecule has 1 aromatic rings. The van der Waals surface area contributed by atoms with Crippen LogP contribution in [0.25, 0.3) is 0 Å². The van der Waals surface area contributed by atoms with Crippen molar-refractivity contribution in [3.05, 3.63) is 34.1 Å². The van der Waals surface area contributed by atoms with Gasteiger partial charge < -0.3 is 0 Å². The molecule has 0 saturated heterocycles. The molecule has 0 fully saturated rings. The van der Waals surface area contributed by atoms with Gasteiger partial charge in [-0.05, 0) is 36.0 Å². The molecule has 1 rings (SSSR count). The molecule has 15 heavy (non-hydrogen) atoms. The third kappa shape index (κ3) is 3.56. The highest BCUT2D eigenvalue weighted by molar-refractivity contribution is 9.10. The summed E-state index contributed by atoms with van der Waals surface area (Å²) in [6.07, 6.45) is 1.81. The third-order valence-electron chi connectivity index (χ3n) is 2.81. The maximum atomic E-state index is 13.6. The van der Waals surface area contributed by atoms with Gasteiger partial charge in [0.25, 0.3) is 0 Å². The summed E-state index contributed by atoms with van der Waals surface area (Å²) in [6.45, 7) is 4.31. The second-order valence-electron chi connectivity index (χ2n) is 4.21. The van der Waals surface area contributed by atoms with Gasteiger partial charge in [-0.1, -0.05) is 51.8 Å². The van der Waals surface area contributed by atoms with Crippen LogP contribution in [0, 0.1) is 11.2 Å². The van der Waals surface area contributed by atoms with E-state index in [0.29, 0.717) is 0 Å². The molecule has 1 atom stereocenters. The number of benzene rings is 1. The van der Waals surface area contributed by atoms with E-state index in [2.05, 4.69) is 45.7 Å². The molecule has 0 aliphatic rings. The van der Waals surface area contributed by atoms with Crippen molar-refractivity contribution in [2.45, 2.75) is 26.7 Å². The number of hydrogen-bond donors (Lipinski definition) is 0. The summed E-state index contributed by atoms with van der Waals surface area (Å²) in [7, 11) is 0. The van der Waals surface area contributed by atoms with E-state index in [4.69, 9.17) is 0 Å². The Hall–Kier alpha value is 0.110. The highest BCUT2D eigenvalue weighted by atomic mass is 79.9. The topological polar surface area (TPSA) is 0 Å². The number of hydrogen-bond acceptors (Lipinski definition) is 0. The minimum atomic E-state index is -0.120. The second-order valence-corrected chi connectivity index (χ2v) is 5.69. The first-order chi connectivity index (χ1) is 7.00. The van der Waals surface area contributed by atoms with Crippen molar-refractivity contribution in [1.82, 2.24) is 0 Å². The summed E-state index contributed by atoms with van der Waals surface area (Å²) in [5, 5.41) is 0.895. The lowest BCUT2D eigenvalue weighted by molar-refractivity contribution is 0.355. The normalized spacial score (nSPS) is 15.0. The van der Waals surface area contributed by atoms with E-state index in [1.165, 1.54) is 6.07 Å². The smallest absolute Gasteiger partial charge is 0.127 e. The molecular weight excluding hydrogens is 323 g/mol. The van der Waals surface area contributed by atoms with Crippen LogP contribution in [0.3, 0.4) is 0 Å². The summed E-state index contributed by atoms with van der Waals surface area (Å²) in [5.74, 6) is -0.120. The fourth-order valence-electron chi connectivity index (χ4n) is 1.39. The van der Waals surface area contributed by atoms with Gasteiger partial charge in [-0.25, -0.2) is 4.39 Å². The third-order valence-corrected chi connectivity index (χ3v) is 4.66. The fraction of sp³-hybridized carbons (Fsp3) is 0.500. The SMILES string of the molecule is CCC(C)(CBr)Cc1ccc(Br)cc1F. The largest absolute Gasteiger partial charge is 0.207 e. The van der Waals surface area contributed by atoms with Gasteiger partial charge in [-0.2, -0.15) is 0 Å². The zero-order valence-corrected chi connectivity index (χ0v) is 12.2. The molecule has 0 heterocycles. The van der Waals surface area contributed by atoms with Gasteiger partial charge >= 0.3 is 0 Å². The van der Waals surface area contributed by atoms with E-state index in [1.807, 2.05) is 12.1 Å². The maximum absolute atomic E-state index is 13.6. The Kier molecular flexibility index (Phi) is 4.78. The highest BCUT2D eigenvalue weighted by Gasteiger charge is 2.22. The van der Waals surface area contributed by atoms with Gasteiger partial charge in [0.2, 0.25) is 0 Å². The minimum Gasteiger partial charge on any atom is -0.207 e. The highest BCUT2D eigenvalue weighted by Crippen LogP contribution is 2.30. The van der Waals surface area contributed by atoms with Crippen molar-refractivity contribution in [2.75, 3.05) is 5.33 Å². The second kappa shape index (κ2) is 5.44. The lowest BCUT2D eigenvalue weighted by Crippen LogP contribution is -2.20. The van der Waals surface area contributed by atoms with Gasteiger partial charge in [-0.3, -0.25) is 0 Å². The van der Waals surface area contributed by atoms with Crippen LogP contribution in [0.4, 0.5) is 4.39 Å². The van der Waals surface area contributed by atoms with Crippen LogP contribution in [0.1, 0.15) is 25.8 Å². The predicted molar refractivity (Wildman–Crippen MR) is 70.0 cm³/mol. The Morgan fingerprint density at radius 3 is 2.53 bits per heavy atom. The number of rotatable bonds is 4. The maximum Gasteiger partial charge on any atom is 0.127 e. The molecule has 0 nitrogen and oxygen atoms in total. The summed E-state index contributed by atoms with van der Waals surface area (Å²) < 4.78 is 14.4. The Bertz CT molecular complexity index is 332. The van der Waals surface area contributed by atoms with E-state index in [-0.39, 0.29) is 11.2 Å². The van der Waals surface area contributed by atoms with E-state index in [9.17, 15) is 4.39 Å². The van der Waals surface area contributed by atoms with Crippen molar-refractivity contribution in [3.63, 3.8) is 0 Å². The van der Waals surface area contributed by atoms with Crippen LogP contribution in [0.5, 0.6) is 0 Å². The minimum absolute atomic E-state index is 0.120. The van der Waals surface area contributed by atoms with Gasteiger partial charge in [0.05, 0.1) is 0 Å². The monoisotopic (exact) mass is 336 g/mol. The average Bonchev–Trinajstić information content (AvgIpc) is 2.22. The Morgan fingerprint density at radius 2 is 2.07 bits per heavy atom. The van der Waals surface area contributed by atoms with Crippen LogP contribution >= 0.6 is 31.9 Å². The predicted octanol–water partition coefficient (Wildman–Crippen LogP) is 4.94. The molecule has 0 saturated carbocycles. The first kappa shape index (κ1) is 13.2. The first-order valence-electron chi connectivity index (χ1n) is 5.00. The molecule has 0 aromatic heterocycles. The van der Waals surface area contributed by atoms with Gasteiger partial charge in [0.15, 0.2) is 0 Å². The number of halogens is 3. The quantitative estimate of drug-likeness (QED) is 0.682. The van der Waals surface area contributed by atoms with E-state index >= 15 is 0 Å². The molecule has 0 spiro atoms. The van der Waals surface area contributed by atoms with Crippen LogP contribution in [0.2, 0.25) is 0 Å². The molecule has 1 unspecified atom stereocenters. The standard InChI is InChI=1S/C12H15Br2F/c1-3-12(2,8-13)7-9-4-5-10(14)6-11(9)15/h4-6H,3,7-8H2,1-2H3. The first-order valence-corrected chi connectivity index (χ1v) is 6.92. The Morgan fingerprint density at radius 1 is 1.40 bits per heavy atom. The molecule has 0 N–H and O–H groups in total. The lowest BCUT2D eigenvalue weighted by Gasteiger charge is -2.25. The fourth-order valence-corrected chi connectivity index (χ4v) is 2.32. The Labute approximate surface area is 108 Å². The van der Waals surface area contributed by atoms with Crippen molar-refractivity contribution >= 4 is 31.9 Å². The van der Waals surface area contributed by atoms with Crippen LogP contribution in [-0.2, 0) is 6.42 Å². The molecule has 0 aliphatic carbocycles. The molecule has 3 heteroatoms. The zero-order valence-electron chi connectivity index (χ0n) is 8.99. The Balaban J connectivity index is 2.89. The summed E-state index contributed by atoms with van der Waals surface area (Å²) >= 11 is 6.76. The van der Waals surface area contributed by atoms with Gasteiger partial charge in [0, 0.05) is 9.80 Å². The van der Waals surface area contributed by atoms with Crippen molar-refractivity contribution in [3.8, 4) is 0 Å². The van der Waals surface area contributed by atoms with Crippen LogP contribution < -0.4 is 0 Å². The molecule has 0 amide bonds. The summed E-state index contributed by atoms with van der Waals surface area (Å²) in [5.41, 5.74) is 0.927. The number of alkyl halides is 1. The average molecular weight is 338 g/mol. The van der Waals surface area contributed by atoms with E-state index < -0.39 is 0 Å². The van der Waals surface area contributed by atoms with Gasteiger partial charge in [0.1, 0.15) is 5.82 Å². The van der Waals surface area contributed by atoms with Gasteiger partial charge in [-0.15, -0.1) is 0 Å². The van der Waals surface area contributed by atoms with Crippen molar-refractivity contribution < 1.29 is 4.39 Å². The van der Waals surface area contributed by atoms with E-state index in [1.54, 1.807) is 0 Å². The van der Waals surface area contributed by atoms with Crippen LogP contribution in [-0.4, -0.2) is 5.33 Å². The van der Waals surface area contributed by atoms with Crippen molar-refractivity contribution in [2.24, 2.45) is 5.41 Å². The molecule has 84 valence electrons. The summed E-state index contributed by atoms with van der Waals surface area (Å²) in [6, 6.07) is 5.28. The van der Waals surface area contributed by atoms with Crippen LogP contribution in [0.15, 0.2) is 22.7 Å². The van der Waals surface area contributed by atoms with E-state index in [0.717, 1.165) is 28.2 Å². The molecule has 1 aromatic carbocycles. The molecule has 0 radical (unpaired) electrons. The zero-order chi connectivity index (χ0) is 11.5.